The smallest absolute Gasteiger partial charge is 0.116 e. The number of fused-ring (bicyclic) bond motifs is 2. The average Bonchev–Trinajstić information content (AvgIpc) is 2.43. The maximum Gasteiger partial charge on any atom is 0.116 e. The van der Waals surface area contributed by atoms with Crippen LogP contribution in [0.3, 0.4) is 0 Å². The van der Waals surface area contributed by atoms with Gasteiger partial charge in [0.1, 0.15) is 11.5 Å². The Morgan fingerprint density at radius 3 is 2.65 bits per heavy atom. The summed E-state index contributed by atoms with van der Waals surface area (Å²) in [4.78, 5) is 2.39. The van der Waals surface area contributed by atoms with Crippen LogP contribution in [0.15, 0.2) is 30.3 Å². The van der Waals surface area contributed by atoms with E-state index < -0.39 is 0 Å². The van der Waals surface area contributed by atoms with Crippen LogP contribution in [0.25, 0.3) is 11.1 Å². The van der Waals surface area contributed by atoms with Crippen molar-refractivity contribution in [1.29, 1.82) is 0 Å². The molecule has 2 aromatic carbocycles. The van der Waals surface area contributed by atoms with Crippen molar-refractivity contribution in [2.24, 2.45) is 0 Å². The quantitative estimate of drug-likeness (QED) is 0.771. The number of phenolic OH excluding ortho intramolecular Hbond substituents is 2. The van der Waals surface area contributed by atoms with Crippen LogP contribution in [0.5, 0.6) is 11.5 Å². The summed E-state index contributed by atoms with van der Waals surface area (Å²) in [7, 11) is 2.16. The molecule has 0 amide bonds. The van der Waals surface area contributed by atoms with Crippen LogP contribution in [-0.2, 0) is 12.8 Å². The minimum Gasteiger partial charge on any atom is -0.508 e. The normalized spacial score (nSPS) is 20.4. The van der Waals surface area contributed by atoms with Crippen molar-refractivity contribution in [3.63, 3.8) is 0 Å². The largest absolute Gasteiger partial charge is 0.508 e. The number of phenols is 2. The van der Waals surface area contributed by atoms with Gasteiger partial charge in [-0.3, -0.25) is 4.90 Å². The molecule has 3 nitrogen and oxygen atoms in total. The molecule has 2 N–H and O–H groups in total. The summed E-state index contributed by atoms with van der Waals surface area (Å²) >= 11 is 0. The molecule has 1 heterocycles. The summed E-state index contributed by atoms with van der Waals surface area (Å²) in [6.45, 7) is 1.02. The zero-order valence-electron chi connectivity index (χ0n) is 11.4. The van der Waals surface area contributed by atoms with E-state index >= 15 is 0 Å². The van der Waals surface area contributed by atoms with Gasteiger partial charge in [-0.15, -0.1) is 0 Å². The maximum absolute atomic E-state index is 10.00. The zero-order valence-corrected chi connectivity index (χ0v) is 11.4. The van der Waals surface area contributed by atoms with Gasteiger partial charge in [-0.1, -0.05) is 6.07 Å². The summed E-state index contributed by atoms with van der Waals surface area (Å²) in [6, 6.07) is 9.67. The fraction of sp³-hybridized carbons (Fsp3) is 0.294. The molecule has 0 bridgehead atoms. The standard InChI is InChI=1S/C17H17NO2/c1-18-5-4-11-6-13(20)9-15-14-8-12(19)3-2-10(14)7-16(18)17(11)15/h2-3,6,8-9,16,19-20H,4-5,7H2,1H3. The number of benzene rings is 2. The minimum atomic E-state index is 0.281. The van der Waals surface area contributed by atoms with Gasteiger partial charge in [0.25, 0.3) is 0 Å². The third kappa shape index (κ3) is 1.56. The van der Waals surface area contributed by atoms with E-state index in [0.717, 1.165) is 30.5 Å². The van der Waals surface area contributed by atoms with Gasteiger partial charge in [0.2, 0.25) is 0 Å². The van der Waals surface area contributed by atoms with Gasteiger partial charge in [0.05, 0.1) is 0 Å². The lowest BCUT2D eigenvalue weighted by Crippen LogP contribution is -2.35. The molecule has 0 aromatic heterocycles. The molecule has 1 atom stereocenters. The van der Waals surface area contributed by atoms with Crippen molar-refractivity contribution in [2.75, 3.05) is 13.6 Å². The number of likely N-dealkylation sites (N-methyl/N-ethyl adjacent to an activating group) is 1. The number of aromatic hydroxyl groups is 2. The van der Waals surface area contributed by atoms with Crippen LogP contribution in [0, 0.1) is 0 Å². The second-order valence-corrected chi connectivity index (χ2v) is 5.86. The third-order valence-electron chi connectivity index (χ3n) is 4.65. The molecular weight excluding hydrogens is 250 g/mol. The number of rotatable bonds is 0. The van der Waals surface area contributed by atoms with E-state index in [2.05, 4.69) is 11.9 Å². The molecule has 2 aliphatic rings. The van der Waals surface area contributed by atoms with Crippen LogP contribution in [0.1, 0.15) is 22.7 Å². The van der Waals surface area contributed by atoms with E-state index in [1.807, 2.05) is 24.3 Å². The van der Waals surface area contributed by atoms with Gasteiger partial charge in [0.15, 0.2) is 0 Å². The number of nitrogens with zero attached hydrogens (tertiary/aromatic N) is 1. The van der Waals surface area contributed by atoms with Crippen LogP contribution in [-0.4, -0.2) is 28.7 Å². The summed E-state index contributed by atoms with van der Waals surface area (Å²) in [5, 5.41) is 19.8. The van der Waals surface area contributed by atoms with Crippen molar-refractivity contribution >= 4 is 0 Å². The molecule has 20 heavy (non-hydrogen) atoms. The Kier molecular flexibility index (Phi) is 2.36. The van der Waals surface area contributed by atoms with E-state index in [9.17, 15) is 10.2 Å². The fourth-order valence-electron chi connectivity index (χ4n) is 3.65. The highest BCUT2D eigenvalue weighted by atomic mass is 16.3. The first-order valence-corrected chi connectivity index (χ1v) is 7.02. The maximum atomic E-state index is 10.00. The van der Waals surface area contributed by atoms with Gasteiger partial charge < -0.3 is 10.2 Å². The van der Waals surface area contributed by atoms with Crippen molar-refractivity contribution in [1.82, 2.24) is 4.90 Å². The predicted molar refractivity (Wildman–Crippen MR) is 78.0 cm³/mol. The van der Waals surface area contributed by atoms with Crippen molar-refractivity contribution in [2.45, 2.75) is 18.9 Å². The Labute approximate surface area is 118 Å². The first-order valence-electron chi connectivity index (χ1n) is 7.02. The molecule has 102 valence electrons. The molecule has 0 spiro atoms. The average molecular weight is 267 g/mol. The molecular formula is C17H17NO2. The molecule has 0 saturated heterocycles. The Bertz CT molecular complexity index is 708. The Hall–Kier alpha value is -2.00. The monoisotopic (exact) mass is 267 g/mol. The summed E-state index contributed by atoms with van der Waals surface area (Å²) < 4.78 is 0. The van der Waals surface area contributed by atoms with Crippen LogP contribution >= 0.6 is 0 Å². The molecule has 2 aromatic rings. The molecule has 3 heteroatoms. The molecule has 1 unspecified atom stereocenters. The van der Waals surface area contributed by atoms with Crippen molar-refractivity contribution < 1.29 is 10.2 Å². The Balaban J connectivity index is 2.04. The van der Waals surface area contributed by atoms with E-state index in [1.54, 1.807) is 6.07 Å². The molecule has 0 radical (unpaired) electrons. The lowest BCUT2D eigenvalue weighted by atomic mass is 9.77. The first-order chi connectivity index (χ1) is 9.63. The van der Waals surface area contributed by atoms with Crippen LogP contribution < -0.4 is 0 Å². The van der Waals surface area contributed by atoms with Gasteiger partial charge in [0, 0.05) is 12.6 Å². The highest BCUT2D eigenvalue weighted by Gasteiger charge is 2.33. The molecule has 4 rings (SSSR count). The van der Waals surface area contributed by atoms with E-state index in [1.165, 1.54) is 16.7 Å². The first kappa shape index (κ1) is 11.8. The highest BCUT2D eigenvalue weighted by molar-refractivity contribution is 5.78. The molecule has 0 saturated carbocycles. The summed E-state index contributed by atoms with van der Waals surface area (Å²) in [5.74, 6) is 0.599. The van der Waals surface area contributed by atoms with Crippen LogP contribution in [0.4, 0.5) is 0 Å². The van der Waals surface area contributed by atoms with Crippen LogP contribution in [0.2, 0.25) is 0 Å². The summed E-state index contributed by atoms with van der Waals surface area (Å²) in [5.41, 5.74) is 5.95. The van der Waals surface area contributed by atoms with Gasteiger partial charge >= 0.3 is 0 Å². The highest BCUT2D eigenvalue weighted by Crippen LogP contribution is 2.46. The Morgan fingerprint density at radius 2 is 1.80 bits per heavy atom. The zero-order chi connectivity index (χ0) is 13.9. The van der Waals surface area contributed by atoms with E-state index in [4.69, 9.17) is 0 Å². The van der Waals surface area contributed by atoms with Crippen molar-refractivity contribution in [3.05, 3.63) is 47.0 Å². The topological polar surface area (TPSA) is 43.7 Å². The lowest BCUT2D eigenvalue weighted by molar-refractivity contribution is 0.228. The molecule has 1 aliphatic heterocycles. The van der Waals surface area contributed by atoms with Crippen molar-refractivity contribution in [3.8, 4) is 22.6 Å². The SMILES string of the molecule is CN1CCc2cc(O)cc3c2C1Cc1ccc(O)cc1-3. The van der Waals surface area contributed by atoms with Gasteiger partial charge in [-0.05, 0) is 72.0 Å². The van der Waals surface area contributed by atoms with Gasteiger partial charge in [-0.2, -0.15) is 0 Å². The lowest BCUT2D eigenvalue weighted by Gasteiger charge is -2.39. The fourth-order valence-corrected chi connectivity index (χ4v) is 3.65. The number of hydrogen-bond acceptors (Lipinski definition) is 3. The third-order valence-corrected chi connectivity index (χ3v) is 4.65. The predicted octanol–water partition coefficient (Wildman–Crippen LogP) is 2.85. The van der Waals surface area contributed by atoms with Gasteiger partial charge in [-0.25, -0.2) is 0 Å². The second-order valence-electron chi connectivity index (χ2n) is 5.86. The molecule has 1 aliphatic carbocycles. The second kappa shape index (κ2) is 4.00. The van der Waals surface area contributed by atoms with E-state index in [0.29, 0.717) is 11.8 Å². The van der Waals surface area contributed by atoms with E-state index in [-0.39, 0.29) is 5.75 Å². The molecule has 0 fully saturated rings. The summed E-state index contributed by atoms with van der Waals surface area (Å²) in [6.07, 6.45) is 1.94. The minimum absolute atomic E-state index is 0.281. The number of hydrogen-bond donors (Lipinski definition) is 2. The Morgan fingerprint density at radius 1 is 1.00 bits per heavy atom.